The summed E-state index contributed by atoms with van der Waals surface area (Å²) in [5.41, 5.74) is 3.18. The monoisotopic (exact) mass is 442 g/mol. The number of nitrogens with zero attached hydrogens (tertiary/aromatic N) is 6. The van der Waals surface area contributed by atoms with Crippen molar-refractivity contribution in [2.75, 3.05) is 36.4 Å². The molecule has 5 heterocycles. The molecule has 1 saturated heterocycles. The maximum Gasteiger partial charge on any atom is 0.238 e. The van der Waals surface area contributed by atoms with Crippen molar-refractivity contribution in [2.45, 2.75) is 19.8 Å². The highest BCUT2D eigenvalue weighted by Gasteiger charge is 2.16. The molecule has 0 amide bonds. The van der Waals surface area contributed by atoms with E-state index < -0.39 is 5.95 Å². The number of piperazine rings is 1. The van der Waals surface area contributed by atoms with Crippen molar-refractivity contribution in [3.63, 3.8) is 0 Å². The molecule has 0 atom stereocenters. The molecule has 4 aromatic heterocycles. The van der Waals surface area contributed by atoms with Crippen molar-refractivity contribution in [1.82, 2.24) is 29.7 Å². The van der Waals surface area contributed by atoms with Gasteiger partial charge in [-0.3, -0.25) is 4.40 Å². The highest BCUT2D eigenvalue weighted by Crippen LogP contribution is 2.24. The van der Waals surface area contributed by atoms with Crippen LogP contribution in [0.1, 0.15) is 25.5 Å². The number of rotatable bonds is 4. The zero-order chi connectivity index (χ0) is 20.7. The molecule has 0 spiro atoms. The standard InChI is InChI=1S/C21H23FN8.ClH/c1-13(2)16-12-24-18-6-3-14-11-25-21(28-20(14)30(16)18)27-17-5-4-15(19(22)26-17)29-9-7-23-8-10-29;/h3-6,11-13,23H,7-10H2,1-2H3,(H,25,26,27,28);1H. The number of nitrogens with one attached hydrogen (secondary N) is 2. The molecule has 0 aromatic carbocycles. The minimum absolute atomic E-state index is 0. The van der Waals surface area contributed by atoms with Gasteiger partial charge in [0, 0.05) is 49.7 Å². The summed E-state index contributed by atoms with van der Waals surface area (Å²) in [5, 5.41) is 7.20. The second-order valence-corrected chi connectivity index (χ2v) is 7.71. The predicted molar refractivity (Wildman–Crippen MR) is 122 cm³/mol. The molecule has 4 aromatic rings. The number of halogens is 2. The Hall–Kier alpha value is -3.04. The molecule has 0 radical (unpaired) electrons. The van der Waals surface area contributed by atoms with E-state index in [9.17, 15) is 4.39 Å². The fourth-order valence-corrected chi connectivity index (χ4v) is 3.79. The lowest BCUT2D eigenvalue weighted by molar-refractivity contribution is 0.549. The molecule has 1 aliphatic heterocycles. The maximum atomic E-state index is 14.6. The van der Waals surface area contributed by atoms with Gasteiger partial charge in [-0.05, 0) is 30.2 Å². The fourth-order valence-electron chi connectivity index (χ4n) is 3.79. The first kappa shape index (κ1) is 21.2. The Morgan fingerprint density at radius 1 is 1.03 bits per heavy atom. The van der Waals surface area contributed by atoms with Gasteiger partial charge < -0.3 is 15.5 Å². The first-order valence-corrected chi connectivity index (χ1v) is 10.1. The Balaban J connectivity index is 0.00000231. The van der Waals surface area contributed by atoms with Crippen LogP contribution in [0, 0.1) is 5.95 Å². The number of aromatic nitrogens is 5. The lowest BCUT2D eigenvalue weighted by atomic mass is 10.1. The van der Waals surface area contributed by atoms with Gasteiger partial charge in [-0.15, -0.1) is 12.4 Å². The van der Waals surface area contributed by atoms with Crippen molar-refractivity contribution < 1.29 is 4.39 Å². The zero-order valence-electron chi connectivity index (χ0n) is 17.3. The third-order valence-corrected chi connectivity index (χ3v) is 5.35. The molecule has 8 nitrogen and oxygen atoms in total. The minimum Gasteiger partial charge on any atom is -0.365 e. The summed E-state index contributed by atoms with van der Waals surface area (Å²) >= 11 is 0. The van der Waals surface area contributed by atoms with Crippen LogP contribution >= 0.6 is 12.4 Å². The van der Waals surface area contributed by atoms with Gasteiger partial charge in [0.25, 0.3) is 0 Å². The van der Waals surface area contributed by atoms with Gasteiger partial charge in [0.1, 0.15) is 11.5 Å². The molecule has 0 bridgehead atoms. The summed E-state index contributed by atoms with van der Waals surface area (Å²) < 4.78 is 16.7. The number of anilines is 3. The van der Waals surface area contributed by atoms with E-state index in [1.165, 1.54) is 0 Å². The van der Waals surface area contributed by atoms with E-state index in [0.717, 1.165) is 48.6 Å². The second-order valence-electron chi connectivity index (χ2n) is 7.71. The number of hydrogen-bond donors (Lipinski definition) is 2. The smallest absolute Gasteiger partial charge is 0.238 e. The lowest BCUT2D eigenvalue weighted by Gasteiger charge is -2.29. The lowest BCUT2D eigenvalue weighted by Crippen LogP contribution is -2.44. The third kappa shape index (κ3) is 3.98. The highest BCUT2D eigenvalue weighted by atomic mass is 35.5. The van der Waals surface area contributed by atoms with Crippen LogP contribution in [0.25, 0.3) is 16.7 Å². The Labute approximate surface area is 185 Å². The topological polar surface area (TPSA) is 83.3 Å². The molecule has 5 rings (SSSR count). The second kappa shape index (κ2) is 8.60. The van der Waals surface area contributed by atoms with Crippen LogP contribution in [0.2, 0.25) is 0 Å². The normalized spacial score (nSPS) is 14.3. The van der Waals surface area contributed by atoms with Crippen LogP contribution in [0.15, 0.2) is 36.7 Å². The molecule has 1 aliphatic rings. The van der Waals surface area contributed by atoms with E-state index in [-0.39, 0.29) is 12.4 Å². The summed E-state index contributed by atoms with van der Waals surface area (Å²) in [6.07, 6.45) is 3.63. The number of hydrogen-bond acceptors (Lipinski definition) is 7. The van der Waals surface area contributed by atoms with Gasteiger partial charge in [-0.25, -0.2) is 15.0 Å². The number of imidazole rings is 1. The Morgan fingerprint density at radius 2 is 1.84 bits per heavy atom. The largest absolute Gasteiger partial charge is 0.365 e. The third-order valence-electron chi connectivity index (χ3n) is 5.35. The molecular weight excluding hydrogens is 419 g/mol. The van der Waals surface area contributed by atoms with Gasteiger partial charge in [-0.1, -0.05) is 13.8 Å². The van der Waals surface area contributed by atoms with Crippen molar-refractivity contribution in [2.24, 2.45) is 0 Å². The zero-order valence-corrected chi connectivity index (χ0v) is 18.2. The van der Waals surface area contributed by atoms with Crippen LogP contribution in [0.5, 0.6) is 0 Å². The van der Waals surface area contributed by atoms with Gasteiger partial charge in [0.15, 0.2) is 5.65 Å². The molecule has 2 N–H and O–H groups in total. The van der Waals surface area contributed by atoms with E-state index in [1.54, 1.807) is 18.3 Å². The average molecular weight is 443 g/mol. The Morgan fingerprint density at radius 3 is 2.58 bits per heavy atom. The first-order valence-electron chi connectivity index (χ1n) is 10.1. The summed E-state index contributed by atoms with van der Waals surface area (Å²) in [7, 11) is 0. The summed E-state index contributed by atoms with van der Waals surface area (Å²) in [6, 6.07) is 7.41. The summed E-state index contributed by atoms with van der Waals surface area (Å²) in [4.78, 5) is 19.6. The summed E-state index contributed by atoms with van der Waals surface area (Å²) in [6.45, 7) is 7.44. The van der Waals surface area contributed by atoms with E-state index >= 15 is 0 Å². The highest BCUT2D eigenvalue weighted by molar-refractivity contribution is 5.85. The summed E-state index contributed by atoms with van der Waals surface area (Å²) in [5.74, 6) is 0.528. The number of pyridine rings is 2. The Bertz CT molecular complexity index is 1220. The Kier molecular flexibility index (Phi) is 5.88. The van der Waals surface area contributed by atoms with Crippen molar-refractivity contribution in [3.05, 3.63) is 48.3 Å². The molecular formula is C21H24ClFN8. The van der Waals surface area contributed by atoms with E-state index in [4.69, 9.17) is 0 Å². The van der Waals surface area contributed by atoms with Crippen molar-refractivity contribution >= 4 is 46.5 Å². The van der Waals surface area contributed by atoms with Crippen LogP contribution < -0.4 is 15.5 Å². The average Bonchev–Trinajstić information content (AvgIpc) is 3.20. The van der Waals surface area contributed by atoms with E-state index in [1.807, 2.05) is 27.6 Å². The number of fused-ring (bicyclic) bond motifs is 3. The maximum absolute atomic E-state index is 14.6. The van der Waals surface area contributed by atoms with Crippen molar-refractivity contribution in [1.29, 1.82) is 0 Å². The van der Waals surface area contributed by atoms with Crippen LogP contribution in [0.3, 0.4) is 0 Å². The van der Waals surface area contributed by atoms with Crippen molar-refractivity contribution in [3.8, 4) is 0 Å². The van der Waals surface area contributed by atoms with Gasteiger partial charge in [0.2, 0.25) is 11.9 Å². The molecule has 1 fully saturated rings. The van der Waals surface area contributed by atoms with E-state index in [2.05, 4.69) is 44.4 Å². The molecule has 162 valence electrons. The van der Waals surface area contributed by atoms with Crippen LogP contribution in [-0.4, -0.2) is 50.5 Å². The SMILES string of the molecule is CC(C)c1cnc2ccc3cnc(Nc4ccc(N5CCNCC5)c(F)n4)nc3n12.Cl. The molecule has 10 heteroatoms. The van der Waals surface area contributed by atoms with Gasteiger partial charge in [0.05, 0.1) is 5.69 Å². The molecule has 0 unspecified atom stereocenters. The molecule has 31 heavy (non-hydrogen) atoms. The molecule has 0 saturated carbocycles. The fraction of sp³-hybridized carbons (Fsp3) is 0.333. The van der Waals surface area contributed by atoms with Gasteiger partial charge in [-0.2, -0.15) is 9.37 Å². The minimum atomic E-state index is -0.498. The molecule has 0 aliphatic carbocycles. The van der Waals surface area contributed by atoms with E-state index in [0.29, 0.717) is 23.4 Å². The van der Waals surface area contributed by atoms with Crippen LogP contribution in [0.4, 0.5) is 21.8 Å². The predicted octanol–water partition coefficient (Wildman–Crippen LogP) is 3.51. The first-order chi connectivity index (χ1) is 14.6. The quantitative estimate of drug-likeness (QED) is 0.468. The van der Waals surface area contributed by atoms with Crippen LogP contribution in [-0.2, 0) is 0 Å². The van der Waals surface area contributed by atoms with Gasteiger partial charge >= 0.3 is 0 Å².